The Morgan fingerprint density at radius 2 is 1.80 bits per heavy atom. The Kier molecular flexibility index (Phi) is 7.26. The van der Waals surface area contributed by atoms with Crippen LogP contribution in [0.2, 0.25) is 0 Å². The van der Waals surface area contributed by atoms with E-state index in [4.69, 9.17) is 9.26 Å². The summed E-state index contributed by atoms with van der Waals surface area (Å²) in [5.74, 6) is -1.76. The van der Waals surface area contributed by atoms with Gasteiger partial charge in [-0.3, -0.25) is 14.3 Å². The van der Waals surface area contributed by atoms with Crippen LogP contribution in [0.5, 0.6) is 0 Å². The van der Waals surface area contributed by atoms with Gasteiger partial charge in [0, 0.05) is 13.7 Å². The first-order valence-corrected chi connectivity index (χ1v) is 11.3. The maximum atomic E-state index is 12.9. The molecule has 0 bridgehead atoms. The van der Waals surface area contributed by atoms with Gasteiger partial charge in [-0.1, -0.05) is 60.7 Å². The molecule has 2 unspecified atom stereocenters. The molecule has 3 atom stereocenters. The lowest BCUT2D eigenvalue weighted by molar-refractivity contribution is -0.125. The van der Waals surface area contributed by atoms with Gasteiger partial charge in [-0.25, -0.2) is 4.79 Å². The van der Waals surface area contributed by atoms with Gasteiger partial charge in [0.25, 0.3) is 0 Å². The van der Waals surface area contributed by atoms with Crippen LogP contribution < -0.4 is 5.32 Å². The van der Waals surface area contributed by atoms with Crippen molar-refractivity contribution in [1.29, 1.82) is 0 Å². The van der Waals surface area contributed by atoms with E-state index in [1.165, 1.54) is 4.90 Å². The Bertz CT molecular complexity index is 908. The van der Waals surface area contributed by atoms with Crippen molar-refractivity contribution in [1.82, 2.24) is 10.2 Å². The molecule has 30 heavy (non-hydrogen) atoms. The van der Waals surface area contributed by atoms with Crippen LogP contribution in [0, 0.1) is 0 Å². The number of carbonyl (C=O) groups is 2. The van der Waals surface area contributed by atoms with Crippen molar-refractivity contribution < 1.29 is 28.3 Å². The molecule has 1 fully saturated rings. The quantitative estimate of drug-likeness (QED) is 0.650. The van der Waals surface area contributed by atoms with Crippen molar-refractivity contribution in [2.45, 2.75) is 31.3 Å². The maximum Gasteiger partial charge on any atom is 0.410 e. The number of hydrogen-bond donors (Lipinski definition) is 2. The summed E-state index contributed by atoms with van der Waals surface area (Å²) in [5.41, 5.74) is 1.28. The lowest BCUT2D eigenvalue weighted by Crippen LogP contribution is -2.47. The molecule has 8 nitrogen and oxygen atoms in total. The van der Waals surface area contributed by atoms with Gasteiger partial charge < -0.3 is 19.5 Å². The standard InChI is InChI=1S/C21H25N2O6P/c1-28-30(26,27)20(17-11-6-3-7-12-17)22-19(24)18-13-8-14-23(18)21(25)29-15-16-9-4-2-5-10-16/h2-7,9-12,18,20H,8,13-15H2,1H3,(H,22,24)(H,26,27)/t18-,20?/m0/s1. The molecule has 9 heteroatoms. The first-order valence-electron chi connectivity index (χ1n) is 9.63. The predicted molar refractivity (Wildman–Crippen MR) is 111 cm³/mol. The minimum Gasteiger partial charge on any atom is -0.445 e. The van der Waals surface area contributed by atoms with E-state index in [0.717, 1.165) is 12.7 Å². The summed E-state index contributed by atoms with van der Waals surface area (Å²) < 4.78 is 22.6. The Morgan fingerprint density at radius 3 is 2.43 bits per heavy atom. The van der Waals surface area contributed by atoms with Gasteiger partial charge in [0.2, 0.25) is 5.91 Å². The normalized spacial score (nSPS) is 19.0. The first kappa shape index (κ1) is 22.0. The lowest BCUT2D eigenvalue weighted by Gasteiger charge is -2.27. The Balaban J connectivity index is 1.69. The van der Waals surface area contributed by atoms with E-state index in [2.05, 4.69) is 5.32 Å². The molecule has 0 spiro atoms. The van der Waals surface area contributed by atoms with E-state index in [9.17, 15) is 19.0 Å². The van der Waals surface area contributed by atoms with Gasteiger partial charge >= 0.3 is 13.7 Å². The highest BCUT2D eigenvalue weighted by molar-refractivity contribution is 7.53. The number of ether oxygens (including phenoxy) is 1. The van der Waals surface area contributed by atoms with Gasteiger partial charge in [0.15, 0.2) is 5.78 Å². The zero-order valence-corrected chi connectivity index (χ0v) is 17.5. The Morgan fingerprint density at radius 1 is 1.17 bits per heavy atom. The van der Waals surface area contributed by atoms with Crippen LogP contribution in [0.4, 0.5) is 4.79 Å². The van der Waals surface area contributed by atoms with E-state index in [0.29, 0.717) is 24.9 Å². The van der Waals surface area contributed by atoms with Crippen LogP contribution in [0.15, 0.2) is 60.7 Å². The van der Waals surface area contributed by atoms with E-state index in [1.54, 1.807) is 30.3 Å². The average molecular weight is 432 g/mol. The number of amides is 2. The monoisotopic (exact) mass is 432 g/mol. The van der Waals surface area contributed by atoms with E-state index >= 15 is 0 Å². The number of benzene rings is 2. The molecule has 1 aliphatic rings. The van der Waals surface area contributed by atoms with Crippen molar-refractivity contribution in [3.8, 4) is 0 Å². The number of hydrogen-bond acceptors (Lipinski definition) is 5. The van der Waals surface area contributed by atoms with Crippen LogP contribution in [0.3, 0.4) is 0 Å². The highest BCUT2D eigenvalue weighted by atomic mass is 31.2. The molecular formula is C21H25N2O6P. The zero-order chi connectivity index (χ0) is 21.6. The highest BCUT2D eigenvalue weighted by Crippen LogP contribution is 2.54. The lowest BCUT2D eigenvalue weighted by atomic mass is 10.2. The van der Waals surface area contributed by atoms with Gasteiger partial charge in [0.1, 0.15) is 12.6 Å². The number of likely N-dealkylation sites (tertiary alicyclic amines) is 1. The van der Waals surface area contributed by atoms with Crippen molar-refractivity contribution in [3.63, 3.8) is 0 Å². The second-order valence-corrected chi connectivity index (χ2v) is 8.97. The maximum absolute atomic E-state index is 12.9. The SMILES string of the molecule is COP(=O)(O)C(NC(=O)[C@@H]1CCCN1C(=O)OCc1ccccc1)c1ccccc1. The molecule has 2 aromatic carbocycles. The van der Waals surface area contributed by atoms with E-state index in [-0.39, 0.29) is 6.61 Å². The van der Waals surface area contributed by atoms with E-state index < -0.39 is 31.4 Å². The fraction of sp³-hybridized carbons (Fsp3) is 0.333. The molecule has 3 rings (SSSR count). The zero-order valence-electron chi connectivity index (χ0n) is 16.6. The highest BCUT2D eigenvalue weighted by Gasteiger charge is 2.40. The van der Waals surface area contributed by atoms with Gasteiger partial charge in [-0.15, -0.1) is 0 Å². The van der Waals surface area contributed by atoms with Crippen molar-refractivity contribution in [2.75, 3.05) is 13.7 Å². The number of nitrogens with zero attached hydrogens (tertiary/aromatic N) is 1. The minimum atomic E-state index is -4.16. The molecule has 1 aliphatic heterocycles. The third-order valence-electron chi connectivity index (χ3n) is 4.98. The minimum absolute atomic E-state index is 0.104. The van der Waals surface area contributed by atoms with Crippen LogP contribution in [-0.4, -0.2) is 41.5 Å². The van der Waals surface area contributed by atoms with Gasteiger partial charge in [-0.2, -0.15) is 0 Å². The van der Waals surface area contributed by atoms with Gasteiger partial charge in [-0.05, 0) is 24.0 Å². The molecule has 0 saturated carbocycles. The molecule has 2 aromatic rings. The fourth-order valence-corrected chi connectivity index (χ4v) is 4.44. The molecule has 160 valence electrons. The van der Waals surface area contributed by atoms with Gasteiger partial charge in [0.05, 0.1) is 0 Å². The topological polar surface area (TPSA) is 105 Å². The molecular weight excluding hydrogens is 407 g/mol. The van der Waals surface area contributed by atoms with Crippen molar-refractivity contribution in [3.05, 3.63) is 71.8 Å². The summed E-state index contributed by atoms with van der Waals surface area (Å²) in [6.07, 6.45) is 0.484. The van der Waals surface area contributed by atoms with Crippen LogP contribution in [0.1, 0.15) is 29.8 Å². The summed E-state index contributed by atoms with van der Waals surface area (Å²) in [4.78, 5) is 37.1. The second-order valence-electron chi connectivity index (χ2n) is 6.96. The average Bonchev–Trinajstić information content (AvgIpc) is 3.27. The summed E-state index contributed by atoms with van der Waals surface area (Å²) in [5, 5.41) is 2.60. The molecule has 2 amide bonds. The number of rotatable bonds is 7. The van der Waals surface area contributed by atoms with Crippen molar-refractivity contribution in [2.24, 2.45) is 0 Å². The number of carbonyl (C=O) groups excluding carboxylic acids is 2. The molecule has 2 N–H and O–H groups in total. The summed E-state index contributed by atoms with van der Waals surface area (Å²) >= 11 is 0. The molecule has 0 radical (unpaired) electrons. The Hall–Kier alpha value is -2.67. The summed E-state index contributed by atoms with van der Waals surface area (Å²) in [6.45, 7) is 0.482. The summed E-state index contributed by atoms with van der Waals surface area (Å²) in [7, 11) is -3.05. The Labute approximate surface area is 175 Å². The van der Waals surface area contributed by atoms with Crippen LogP contribution in [0.25, 0.3) is 0 Å². The predicted octanol–water partition coefficient (Wildman–Crippen LogP) is 3.43. The second kappa shape index (κ2) is 9.89. The fourth-order valence-electron chi connectivity index (χ4n) is 3.39. The van der Waals surface area contributed by atoms with Crippen LogP contribution >= 0.6 is 7.60 Å². The smallest absolute Gasteiger partial charge is 0.410 e. The number of nitrogens with one attached hydrogen (secondary N) is 1. The largest absolute Gasteiger partial charge is 0.445 e. The molecule has 0 aliphatic carbocycles. The van der Waals surface area contributed by atoms with E-state index in [1.807, 2.05) is 30.3 Å². The third-order valence-corrected chi connectivity index (χ3v) is 6.58. The first-order chi connectivity index (χ1) is 14.4. The van der Waals surface area contributed by atoms with Crippen LogP contribution in [-0.2, 0) is 25.2 Å². The van der Waals surface area contributed by atoms with Crippen molar-refractivity contribution >= 4 is 19.6 Å². The third kappa shape index (κ3) is 5.27. The molecule has 1 heterocycles. The molecule has 0 aromatic heterocycles. The summed E-state index contributed by atoms with van der Waals surface area (Å²) in [6, 6.07) is 16.9. The molecule has 1 saturated heterocycles.